The fraction of sp³-hybridized carbons (Fsp3) is 0.280. The van der Waals surface area contributed by atoms with Crippen LogP contribution in [0.25, 0.3) is 17.3 Å². The van der Waals surface area contributed by atoms with Crippen LogP contribution < -0.4 is 10.3 Å². The molecule has 3 aromatic rings. The number of ether oxygens (including phenoxy) is 1. The van der Waals surface area contributed by atoms with Crippen molar-refractivity contribution in [1.82, 2.24) is 9.55 Å². The predicted octanol–water partition coefficient (Wildman–Crippen LogP) is 5.31. The number of aromatic nitrogens is 2. The number of nitrogens with zero attached hydrogens (tertiary/aromatic N) is 2. The van der Waals surface area contributed by atoms with Gasteiger partial charge in [0.2, 0.25) is 0 Å². The minimum atomic E-state index is -0.207. The van der Waals surface area contributed by atoms with Gasteiger partial charge in [0.1, 0.15) is 0 Å². The molecule has 0 aliphatic heterocycles. The van der Waals surface area contributed by atoms with Gasteiger partial charge in [-0.3, -0.25) is 9.36 Å². The molecule has 0 spiro atoms. The number of hydrogen-bond donors (Lipinski definition) is 0. The second-order valence-corrected chi connectivity index (χ2v) is 7.46. The van der Waals surface area contributed by atoms with Crippen LogP contribution in [-0.4, -0.2) is 16.7 Å². The minimum Gasteiger partial charge on any atom is -0.477 e. The molecule has 0 bridgehead atoms. The van der Waals surface area contributed by atoms with E-state index in [1.165, 1.54) is 31.9 Å². The van der Waals surface area contributed by atoms with Crippen molar-refractivity contribution in [3.05, 3.63) is 87.8 Å². The quantitative estimate of drug-likeness (QED) is 0.596. The summed E-state index contributed by atoms with van der Waals surface area (Å²) < 4.78 is 7.17. The summed E-state index contributed by atoms with van der Waals surface area (Å²) >= 11 is 0. The van der Waals surface area contributed by atoms with Gasteiger partial charge in [-0.1, -0.05) is 72.7 Å². The van der Waals surface area contributed by atoms with Gasteiger partial charge in [0.25, 0.3) is 5.88 Å². The number of rotatable bonds is 5. The van der Waals surface area contributed by atoms with E-state index in [0.29, 0.717) is 6.54 Å². The summed E-state index contributed by atoms with van der Waals surface area (Å²) in [6.45, 7) is 0.471. The van der Waals surface area contributed by atoms with E-state index in [-0.39, 0.29) is 11.4 Å². The van der Waals surface area contributed by atoms with Crippen LogP contribution in [0.4, 0.5) is 0 Å². The van der Waals surface area contributed by atoms with Gasteiger partial charge in [-0.05, 0) is 37.3 Å². The zero-order valence-corrected chi connectivity index (χ0v) is 16.8. The Morgan fingerprint density at radius 1 is 0.966 bits per heavy atom. The van der Waals surface area contributed by atoms with E-state index in [0.717, 1.165) is 35.4 Å². The lowest BCUT2D eigenvalue weighted by atomic mass is 9.93. The van der Waals surface area contributed by atoms with E-state index in [9.17, 15) is 4.79 Å². The predicted molar refractivity (Wildman–Crippen MR) is 117 cm³/mol. The molecule has 1 fully saturated rings. The lowest BCUT2D eigenvalue weighted by Gasteiger charge is -2.19. The average molecular weight is 386 g/mol. The molecular weight excluding hydrogens is 360 g/mol. The largest absolute Gasteiger partial charge is 0.477 e. The first kappa shape index (κ1) is 19.2. The van der Waals surface area contributed by atoms with Gasteiger partial charge in [0.15, 0.2) is 0 Å². The summed E-state index contributed by atoms with van der Waals surface area (Å²) in [5.41, 5.74) is 4.89. The van der Waals surface area contributed by atoms with E-state index >= 15 is 0 Å². The molecule has 148 valence electrons. The van der Waals surface area contributed by atoms with Gasteiger partial charge in [-0.2, -0.15) is 0 Å². The summed E-state index contributed by atoms with van der Waals surface area (Å²) in [7, 11) is 1.51. The van der Waals surface area contributed by atoms with Crippen LogP contribution in [0.3, 0.4) is 0 Å². The second kappa shape index (κ2) is 8.91. The zero-order valence-electron chi connectivity index (χ0n) is 16.8. The summed E-state index contributed by atoms with van der Waals surface area (Å²) in [6.07, 6.45) is 8.07. The first-order valence-corrected chi connectivity index (χ1v) is 10.2. The molecule has 0 unspecified atom stereocenters. The molecular formula is C25H26N2O2. The Labute approximate surface area is 171 Å². The summed E-state index contributed by atoms with van der Waals surface area (Å²) in [5, 5.41) is 0. The number of allylic oxidation sites excluding steroid dienone is 1. The third-order valence-electron chi connectivity index (χ3n) is 5.42. The monoisotopic (exact) mass is 386 g/mol. The van der Waals surface area contributed by atoms with Crippen LogP contribution in [0, 0.1) is 0 Å². The Balaban J connectivity index is 1.94. The molecule has 4 rings (SSSR count). The highest BCUT2D eigenvalue weighted by atomic mass is 16.5. The molecule has 0 amide bonds. The van der Waals surface area contributed by atoms with Crippen molar-refractivity contribution >= 4 is 6.08 Å². The van der Waals surface area contributed by atoms with E-state index < -0.39 is 0 Å². The Hall–Kier alpha value is -3.14. The molecule has 1 saturated carbocycles. The standard InChI is InChI=1S/C25H26N2O2/c1-29-24-25(28)27(18-20-13-7-3-8-14-20)23(21-15-9-4-10-16-21)22(26-24)17-19-11-5-2-6-12-19/h3-4,7-10,13-17H,2,5-6,11-12,18H2,1H3. The Morgan fingerprint density at radius 2 is 1.62 bits per heavy atom. The minimum absolute atomic E-state index is 0.142. The van der Waals surface area contributed by atoms with Crippen molar-refractivity contribution in [3.63, 3.8) is 0 Å². The molecule has 1 aliphatic carbocycles. The van der Waals surface area contributed by atoms with Gasteiger partial charge in [-0.25, -0.2) is 4.98 Å². The molecule has 1 heterocycles. The Kier molecular flexibility index (Phi) is 5.89. The molecule has 1 aromatic heterocycles. The van der Waals surface area contributed by atoms with E-state index in [4.69, 9.17) is 4.74 Å². The van der Waals surface area contributed by atoms with Crippen LogP contribution >= 0.6 is 0 Å². The number of benzene rings is 2. The first-order chi connectivity index (χ1) is 14.3. The molecule has 0 atom stereocenters. The van der Waals surface area contributed by atoms with Crippen molar-refractivity contribution in [1.29, 1.82) is 0 Å². The van der Waals surface area contributed by atoms with E-state index in [2.05, 4.69) is 11.1 Å². The highest BCUT2D eigenvalue weighted by molar-refractivity contribution is 5.71. The average Bonchev–Trinajstić information content (AvgIpc) is 2.78. The third-order valence-corrected chi connectivity index (χ3v) is 5.42. The van der Waals surface area contributed by atoms with Crippen molar-refractivity contribution in [2.24, 2.45) is 0 Å². The topological polar surface area (TPSA) is 44.1 Å². The maximum atomic E-state index is 13.2. The van der Waals surface area contributed by atoms with Crippen LogP contribution in [0.15, 0.2) is 71.0 Å². The molecule has 0 saturated heterocycles. The lowest BCUT2D eigenvalue weighted by molar-refractivity contribution is 0.385. The van der Waals surface area contributed by atoms with Crippen LogP contribution in [0.1, 0.15) is 43.4 Å². The third kappa shape index (κ3) is 4.32. The Bertz CT molecular complexity index is 1050. The molecule has 2 aromatic carbocycles. The van der Waals surface area contributed by atoms with Gasteiger partial charge < -0.3 is 4.74 Å². The van der Waals surface area contributed by atoms with Crippen molar-refractivity contribution < 1.29 is 4.74 Å². The van der Waals surface area contributed by atoms with Gasteiger partial charge >= 0.3 is 5.56 Å². The van der Waals surface area contributed by atoms with Gasteiger partial charge in [0, 0.05) is 5.56 Å². The molecule has 29 heavy (non-hydrogen) atoms. The molecule has 4 nitrogen and oxygen atoms in total. The smallest absolute Gasteiger partial charge is 0.314 e. The maximum Gasteiger partial charge on any atom is 0.314 e. The number of hydrogen-bond acceptors (Lipinski definition) is 3. The highest BCUT2D eigenvalue weighted by Gasteiger charge is 2.19. The van der Waals surface area contributed by atoms with E-state index in [1.54, 1.807) is 4.57 Å². The molecule has 0 N–H and O–H groups in total. The fourth-order valence-corrected chi connectivity index (χ4v) is 3.96. The summed E-state index contributed by atoms with van der Waals surface area (Å²) in [6, 6.07) is 20.1. The first-order valence-electron chi connectivity index (χ1n) is 10.2. The molecule has 4 heteroatoms. The highest BCUT2D eigenvalue weighted by Crippen LogP contribution is 2.29. The van der Waals surface area contributed by atoms with Crippen molar-refractivity contribution in [2.45, 2.75) is 38.6 Å². The van der Waals surface area contributed by atoms with Crippen LogP contribution in [0.2, 0.25) is 0 Å². The number of methoxy groups -OCH3 is 1. The van der Waals surface area contributed by atoms with E-state index in [1.807, 2.05) is 60.7 Å². The lowest BCUT2D eigenvalue weighted by Crippen LogP contribution is -2.26. The normalized spacial score (nSPS) is 13.9. The zero-order chi connectivity index (χ0) is 20.1. The SMILES string of the molecule is COc1nc(C=C2CCCCC2)c(-c2ccccc2)n(Cc2ccccc2)c1=O. The van der Waals surface area contributed by atoms with Crippen LogP contribution in [0.5, 0.6) is 5.88 Å². The molecule has 1 aliphatic rings. The molecule has 0 radical (unpaired) electrons. The second-order valence-electron chi connectivity index (χ2n) is 7.46. The van der Waals surface area contributed by atoms with Gasteiger partial charge in [-0.15, -0.1) is 0 Å². The summed E-state index contributed by atoms with van der Waals surface area (Å²) in [4.78, 5) is 17.8. The van der Waals surface area contributed by atoms with Crippen LogP contribution in [-0.2, 0) is 6.54 Å². The van der Waals surface area contributed by atoms with Gasteiger partial charge in [0.05, 0.1) is 25.0 Å². The fourth-order valence-electron chi connectivity index (χ4n) is 3.96. The van der Waals surface area contributed by atoms with Crippen molar-refractivity contribution in [2.75, 3.05) is 7.11 Å². The Morgan fingerprint density at radius 3 is 2.28 bits per heavy atom. The van der Waals surface area contributed by atoms with Crippen molar-refractivity contribution in [3.8, 4) is 17.1 Å². The maximum absolute atomic E-state index is 13.2. The summed E-state index contributed by atoms with van der Waals surface area (Å²) in [5.74, 6) is 0.142.